The molecule has 0 bridgehead atoms. The fourth-order valence-electron chi connectivity index (χ4n) is 4.17. The molecule has 1 amide bonds. The highest BCUT2D eigenvalue weighted by Gasteiger charge is 2.42. The van der Waals surface area contributed by atoms with Gasteiger partial charge in [0.15, 0.2) is 0 Å². The van der Waals surface area contributed by atoms with Gasteiger partial charge in [0.2, 0.25) is 0 Å². The minimum Gasteiger partial charge on any atom is -0.337 e. The van der Waals surface area contributed by atoms with E-state index in [0.29, 0.717) is 5.69 Å². The van der Waals surface area contributed by atoms with Crippen LogP contribution in [0.25, 0.3) is 0 Å². The molecule has 2 fully saturated rings. The summed E-state index contributed by atoms with van der Waals surface area (Å²) in [6.07, 6.45) is 7.88. The van der Waals surface area contributed by atoms with E-state index < -0.39 is 0 Å². The van der Waals surface area contributed by atoms with E-state index in [1.165, 1.54) is 12.3 Å². The number of carbonyl (C=O) groups is 1. The number of piperidine rings is 1. The van der Waals surface area contributed by atoms with Crippen LogP contribution >= 0.6 is 0 Å². The Morgan fingerprint density at radius 1 is 1.15 bits per heavy atom. The second-order valence-corrected chi connectivity index (χ2v) is 7.47. The first-order valence-corrected chi connectivity index (χ1v) is 9.16. The van der Waals surface area contributed by atoms with Gasteiger partial charge in [-0.1, -0.05) is 12.1 Å². The van der Waals surface area contributed by atoms with Gasteiger partial charge in [-0.05, 0) is 55.5 Å². The molecule has 4 rings (SSSR count). The fourth-order valence-corrected chi connectivity index (χ4v) is 4.17. The van der Waals surface area contributed by atoms with Crippen molar-refractivity contribution in [1.29, 1.82) is 0 Å². The fraction of sp³-hybridized carbons (Fsp3) is 0.450. The van der Waals surface area contributed by atoms with Crippen molar-refractivity contribution in [2.75, 3.05) is 26.2 Å². The summed E-state index contributed by atoms with van der Waals surface area (Å²) in [7, 11) is 0. The molecule has 2 aliphatic rings. The molecule has 0 aliphatic carbocycles. The third kappa shape index (κ3) is 3.60. The van der Waals surface area contributed by atoms with Crippen molar-refractivity contribution < 1.29 is 9.18 Å². The van der Waals surface area contributed by atoms with Crippen LogP contribution in [0.15, 0.2) is 42.9 Å². The second kappa shape index (κ2) is 7.11. The van der Waals surface area contributed by atoms with E-state index >= 15 is 0 Å². The molecule has 136 valence electrons. The molecule has 2 saturated heterocycles. The van der Waals surface area contributed by atoms with Gasteiger partial charge in [-0.15, -0.1) is 0 Å². The Balaban J connectivity index is 1.34. The molecule has 0 unspecified atom stereocenters. The Morgan fingerprint density at radius 3 is 2.69 bits per heavy atom. The lowest BCUT2D eigenvalue weighted by atomic mass is 9.77. The molecule has 6 heteroatoms. The Bertz CT molecular complexity index is 774. The van der Waals surface area contributed by atoms with E-state index in [1.54, 1.807) is 24.5 Å². The van der Waals surface area contributed by atoms with Gasteiger partial charge in [-0.3, -0.25) is 14.7 Å². The first kappa shape index (κ1) is 17.1. The van der Waals surface area contributed by atoms with Gasteiger partial charge >= 0.3 is 0 Å². The molecule has 0 atom stereocenters. The van der Waals surface area contributed by atoms with Crippen molar-refractivity contribution in [2.24, 2.45) is 5.41 Å². The van der Waals surface area contributed by atoms with Crippen LogP contribution in [0.4, 0.5) is 4.39 Å². The second-order valence-electron chi connectivity index (χ2n) is 7.47. The van der Waals surface area contributed by atoms with Gasteiger partial charge in [-0.2, -0.15) is 0 Å². The zero-order chi connectivity index (χ0) is 18.0. The molecule has 0 N–H and O–H groups in total. The number of amides is 1. The lowest BCUT2D eigenvalue weighted by molar-refractivity contribution is 0.0708. The van der Waals surface area contributed by atoms with Gasteiger partial charge < -0.3 is 4.90 Å². The average Bonchev–Trinajstić information content (AvgIpc) is 3.08. The van der Waals surface area contributed by atoms with Gasteiger partial charge in [0.05, 0.1) is 6.20 Å². The molecule has 1 spiro atoms. The van der Waals surface area contributed by atoms with Crippen LogP contribution in [-0.4, -0.2) is 51.9 Å². The van der Waals surface area contributed by atoms with Crippen LogP contribution in [-0.2, 0) is 6.54 Å². The quantitative estimate of drug-likeness (QED) is 0.850. The van der Waals surface area contributed by atoms with Crippen molar-refractivity contribution in [3.8, 4) is 0 Å². The molecule has 2 aromatic rings. The molecule has 5 nitrogen and oxygen atoms in total. The molecule has 2 aliphatic heterocycles. The van der Waals surface area contributed by atoms with Crippen molar-refractivity contribution >= 4 is 5.91 Å². The first-order chi connectivity index (χ1) is 12.6. The molecule has 1 aromatic carbocycles. The third-order valence-electron chi connectivity index (χ3n) is 5.72. The molecule has 1 aromatic heterocycles. The summed E-state index contributed by atoms with van der Waals surface area (Å²) in [6.45, 7) is 4.36. The molecule has 26 heavy (non-hydrogen) atoms. The number of hydrogen-bond acceptors (Lipinski definition) is 4. The summed E-state index contributed by atoms with van der Waals surface area (Å²) in [5, 5.41) is 0. The molecule has 0 radical (unpaired) electrons. The predicted octanol–water partition coefficient (Wildman–Crippen LogP) is 2.74. The lowest BCUT2D eigenvalue weighted by Gasteiger charge is -2.39. The van der Waals surface area contributed by atoms with Crippen LogP contribution in [0.1, 0.15) is 35.3 Å². The Labute approximate surface area is 152 Å². The van der Waals surface area contributed by atoms with E-state index in [2.05, 4.69) is 14.9 Å². The maximum Gasteiger partial charge on any atom is 0.274 e. The van der Waals surface area contributed by atoms with E-state index in [0.717, 1.165) is 57.5 Å². The van der Waals surface area contributed by atoms with Crippen LogP contribution < -0.4 is 0 Å². The van der Waals surface area contributed by atoms with Gasteiger partial charge in [-0.25, -0.2) is 9.37 Å². The monoisotopic (exact) mass is 354 g/mol. The minimum absolute atomic E-state index is 0.0165. The molecular weight excluding hydrogens is 331 g/mol. The number of likely N-dealkylation sites (tertiary alicyclic amines) is 2. The normalized spacial score (nSPS) is 19.8. The minimum atomic E-state index is -0.176. The number of rotatable bonds is 3. The number of carbonyl (C=O) groups excluding carboxylic acids is 1. The van der Waals surface area contributed by atoms with Crippen LogP contribution in [0, 0.1) is 11.2 Å². The van der Waals surface area contributed by atoms with E-state index in [-0.39, 0.29) is 17.1 Å². The van der Waals surface area contributed by atoms with E-state index in [9.17, 15) is 9.18 Å². The smallest absolute Gasteiger partial charge is 0.274 e. The Kier molecular flexibility index (Phi) is 4.68. The number of aromatic nitrogens is 2. The largest absolute Gasteiger partial charge is 0.337 e. The Hall–Kier alpha value is -2.34. The highest BCUT2D eigenvalue weighted by Crippen LogP contribution is 2.40. The first-order valence-electron chi connectivity index (χ1n) is 9.16. The highest BCUT2D eigenvalue weighted by molar-refractivity contribution is 5.92. The third-order valence-corrected chi connectivity index (χ3v) is 5.72. The molecule has 3 heterocycles. The summed E-state index contributed by atoms with van der Waals surface area (Å²) < 4.78 is 13.4. The maximum absolute atomic E-state index is 13.4. The van der Waals surface area contributed by atoms with Crippen LogP contribution in [0.3, 0.4) is 0 Å². The zero-order valence-electron chi connectivity index (χ0n) is 14.8. The van der Waals surface area contributed by atoms with Gasteiger partial charge in [0, 0.05) is 32.0 Å². The van der Waals surface area contributed by atoms with Crippen molar-refractivity contribution in [2.45, 2.75) is 25.8 Å². The van der Waals surface area contributed by atoms with Gasteiger partial charge in [0.1, 0.15) is 11.5 Å². The SMILES string of the molecule is O=C(c1cnccn1)N1CCC2(CCN(Cc3cccc(F)c3)CC2)C1. The number of hydrogen-bond donors (Lipinski definition) is 0. The summed E-state index contributed by atoms with van der Waals surface area (Å²) in [6, 6.07) is 6.84. The van der Waals surface area contributed by atoms with Crippen molar-refractivity contribution in [3.63, 3.8) is 0 Å². The number of nitrogens with zero attached hydrogens (tertiary/aromatic N) is 4. The van der Waals surface area contributed by atoms with E-state index in [4.69, 9.17) is 0 Å². The predicted molar refractivity (Wildman–Crippen MR) is 95.9 cm³/mol. The van der Waals surface area contributed by atoms with Crippen LogP contribution in [0.2, 0.25) is 0 Å². The maximum atomic E-state index is 13.4. The number of halogens is 1. The summed E-state index contributed by atoms with van der Waals surface area (Å²) in [5.41, 5.74) is 1.66. The Morgan fingerprint density at radius 2 is 1.96 bits per heavy atom. The highest BCUT2D eigenvalue weighted by atomic mass is 19.1. The summed E-state index contributed by atoms with van der Waals surface area (Å²) >= 11 is 0. The topological polar surface area (TPSA) is 49.3 Å². The van der Waals surface area contributed by atoms with Crippen molar-refractivity contribution in [3.05, 3.63) is 59.9 Å². The molecular formula is C20H23FN4O. The number of benzene rings is 1. The molecule has 0 saturated carbocycles. The average molecular weight is 354 g/mol. The zero-order valence-corrected chi connectivity index (χ0v) is 14.8. The van der Waals surface area contributed by atoms with Gasteiger partial charge in [0.25, 0.3) is 5.91 Å². The summed E-state index contributed by atoms with van der Waals surface area (Å²) in [5.74, 6) is -0.192. The van der Waals surface area contributed by atoms with E-state index in [1.807, 2.05) is 11.0 Å². The van der Waals surface area contributed by atoms with Crippen molar-refractivity contribution in [1.82, 2.24) is 19.8 Å². The standard InChI is InChI=1S/C20H23FN4O/c21-17-3-1-2-16(12-17)14-24-9-4-20(5-10-24)6-11-25(15-20)19(26)18-13-22-7-8-23-18/h1-3,7-8,12-13H,4-6,9-11,14-15H2. The lowest BCUT2D eigenvalue weighted by Crippen LogP contribution is -2.42. The summed E-state index contributed by atoms with van der Waals surface area (Å²) in [4.78, 5) is 25.0. The van der Waals surface area contributed by atoms with Crippen LogP contribution in [0.5, 0.6) is 0 Å².